The van der Waals surface area contributed by atoms with Crippen LogP contribution in [0.3, 0.4) is 0 Å². The highest BCUT2D eigenvalue weighted by Crippen LogP contribution is 2.67. The quantitative estimate of drug-likeness (QED) is 0.798. The van der Waals surface area contributed by atoms with E-state index in [1.165, 1.54) is 7.11 Å². The first-order chi connectivity index (χ1) is 11.7. The summed E-state index contributed by atoms with van der Waals surface area (Å²) in [6.45, 7) is 2.20. The maximum atomic E-state index is 12.6. The number of fused-ring (bicyclic) bond motifs is 5. The van der Waals surface area contributed by atoms with Crippen LogP contribution >= 0.6 is 0 Å². The average Bonchev–Trinajstić information content (AvgIpc) is 3.10. The predicted molar refractivity (Wildman–Crippen MR) is 88.7 cm³/mol. The molecule has 4 rings (SSSR count). The Bertz CT molecular complexity index is 706. The molecule has 0 heterocycles. The maximum absolute atomic E-state index is 12.6. The Labute approximate surface area is 141 Å². The monoisotopic (exact) mass is 326 g/mol. The Morgan fingerprint density at radius 3 is 2.54 bits per heavy atom. The van der Waals surface area contributed by atoms with Crippen LogP contribution in [0, 0.1) is 29.6 Å². The Kier molecular flexibility index (Phi) is 3.70. The molecule has 0 unspecified atom stereocenters. The third kappa shape index (κ3) is 2.05. The number of ether oxygens (including phenoxy) is 2. The highest BCUT2D eigenvalue weighted by molar-refractivity contribution is 6.03. The van der Waals surface area contributed by atoms with Crippen LogP contribution in [0.15, 0.2) is 35.9 Å². The molecule has 2 saturated carbocycles. The lowest BCUT2D eigenvalue weighted by Gasteiger charge is -2.45. The Morgan fingerprint density at radius 2 is 1.88 bits per heavy atom. The van der Waals surface area contributed by atoms with Crippen molar-refractivity contribution in [1.82, 2.24) is 0 Å². The molecule has 2 bridgehead atoms. The summed E-state index contributed by atoms with van der Waals surface area (Å²) in [7, 11) is 1.45. The number of hydrogen-bond acceptors (Lipinski definition) is 4. The molecule has 0 N–H and O–H groups in total. The van der Waals surface area contributed by atoms with Crippen LogP contribution in [0.1, 0.15) is 25.3 Å². The van der Waals surface area contributed by atoms with Gasteiger partial charge in [-0.1, -0.05) is 30.3 Å². The maximum Gasteiger partial charge on any atom is 0.334 e. The average molecular weight is 326 g/mol. The summed E-state index contributed by atoms with van der Waals surface area (Å²) in [5.74, 6) is 0.825. The molecule has 0 aliphatic heterocycles. The Morgan fingerprint density at radius 1 is 1.12 bits per heavy atom. The summed E-state index contributed by atoms with van der Waals surface area (Å²) in [5, 5.41) is 0. The molecular weight excluding hydrogens is 304 g/mol. The standard InChI is InChI=1S/C20H22O4/c1-3-24-20(22)18-15(11-7-5-4-6-8-11)16-12-9-13(17(16)18)14(10-12)19(21)23-2/h4-8,12-14,16-17H,3,9-10H2,1-2H3/t12-,13+,14+,16+,17+/m1/s1. The molecule has 24 heavy (non-hydrogen) atoms. The second kappa shape index (κ2) is 5.76. The number of carbonyl (C=O) groups is 2. The summed E-state index contributed by atoms with van der Waals surface area (Å²) in [6, 6.07) is 10.1. The van der Waals surface area contributed by atoms with Gasteiger partial charge in [-0.05, 0) is 48.7 Å². The fourth-order valence-electron chi connectivity index (χ4n) is 5.28. The van der Waals surface area contributed by atoms with E-state index in [4.69, 9.17) is 9.47 Å². The second-order valence-corrected chi connectivity index (χ2v) is 6.99. The van der Waals surface area contributed by atoms with Gasteiger partial charge in [-0.15, -0.1) is 0 Å². The fraction of sp³-hybridized carbons (Fsp3) is 0.500. The minimum absolute atomic E-state index is 0.0667. The summed E-state index contributed by atoms with van der Waals surface area (Å²) in [5.41, 5.74) is 3.06. The van der Waals surface area contributed by atoms with E-state index in [2.05, 4.69) is 12.1 Å². The number of rotatable bonds is 4. The van der Waals surface area contributed by atoms with Crippen molar-refractivity contribution in [1.29, 1.82) is 0 Å². The number of esters is 2. The van der Waals surface area contributed by atoms with Crippen LogP contribution in [-0.2, 0) is 19.1 Å². The molecule has 3 aliphatic rings. The number of benzene rings is 1. The highest BCUT2D eigenvalue weighted by atomic mass is 16.5. The van der Waals surface area contributed by atoms with Crippen LogP contribution in [0.5, 0.6) is 0 Å². The summed E-state index contributed by atoms with van der Waals surface area (Å²) in [4.78, 5) is 24.7. The SMILES string of the molecule is CCOC(=O)C1=C(c2ccccc2)[C@@H]2[C@@H]3C[C@H]([C@H]12)[C@@H](C(=O)OC)C3. The molecule has 0 radical (unpaired) electrons. The van der Waals surface area contributed by atoms with Gasteiger partial charge in [-0.25, -0.2) is 4.79 Å². The van der Waals surface area contributed by atoms with Crippen LogP contribution in [0.25, 0.3) is 5.57 Å². The van der Waals surface area contributed by atoms with Gasteiger partial charge >= 0.3 is 11.9 Å². The van der Waals surface area contributed by atoms with E-state index in [-0.39, 0.29) is 29.7 Å². The largest absolute Gasteiger partial charge is 0.469 e. The van der Waals surface area contributed by atoms with E-state index in [9.17, 15) is 9.59 Å². The molecule has 0 amide bonds. The summed E-state index contributed by atoms with van der Waals surface area (Å²) in [6.07, 6.45) is 1.89. The van der Waals surface area contributed by atoms with E-state index in [1.54, 1.807) is 0 Å². The molecule has 126 valence electrons. The first-order valence-electron chi connectivity index (χ1n) is 8.71. The van der Waals surface area contributed by atoms with Crippen LogP contribution in [-0.4, -0.2) is 25.7 Å². The van der Waals surface area contributed by atoms with Gasteiger partial charge in [0.05, 0.1) is 19.6 Å². The molecule has 1 aromatic rings. The van der Waals surface area contributed by atoms with Crippen LogP contribution in [0.2, 0.25) is 0 Å². The molecule has 1 aromatic carbocycles. The Balaban J connectivity index is 1.73. The molecular formula is C20H22O4. The molecule has 4 nitrogen and oxygen atoms in total. The highest BCUT2D eigenvalue weighted by Gasteiger charge is 2.63. The first-order valence-corrected chi connectivity index (χ1v) is 8.71. The van der Waals surface area contributed by atoms with Gasteiger partial charge in [0.1, 0.15) is 0 Å². The van der Waals surface area contributed by atoms with Gasteiger partial charge in [0, 0.05) is 11.5 Å². The minimum atomic E-state index is -0.214. The van der Waals surface area contributed by atoms with E-state index >= 15 is 0 Å². The number of carbonyl (C=O) groups excluding carboxylic acids is 2. The molecule has 0 spiro atoms. The fourth-order valence-corrected chi connectivity index (χ4v) is 5.28. The molecule has 0 aromatic heterocycles. The predicted octanol–water partition coefficient (Wildman–Crippen LogP) is 3.08. The number of allylic oxidation sites excluding steroid dienone is 1. The minimum Gasteiger partial charge on any atom is -0.469 e. The van der Waals surface area contributed by atoms with Gasteiger partial charge in [0.2, 0.25) is 0 Å². The second-order valence-electron chi connectivity index (χ2n) is 6.99. The number of hydrogen-bond donors (Lipinski definition) is 0. The lowest BCUT2D eigenvalue weighted by Crippen LogP contribution is -2.43. The van der Waals surface area contributed by atoms with E-state index in [0.717, 1.165) is 29.6 Å². The molecule has 5 atom stereocenters. The van der Waals surface area contributed by atoms with Gasteiger partial charge in [-0.3, -0.25) is 4.79 Å². The molecule has 0 saturated heterocycles. The van der Waals surface area contributed by atoms with E-state index < -0.39 is 0 Å². The lowest BCUT2D eigenvalue weighted by atomic mass is 9.57. The molecule has 2 fully saturated rings. The van der Waals surface area contributed by atoms with Crippen molar-refractivity contribution in [3.05, 3.63) is 41.5 Å². The van der Waals surface area contributed by atoms with Crippen molar-refractivity contribution >= 4 is 17.5 Å². The zero-order valence-electron chi connectivity index (χ0n) is 14.0. The zero-order valence-corrected chi connectivity index (χ0v) is 14.0. The van der Waals surface area contributed by atoms with Crippen molar-refractivity contribution in [3.63, 3.8) is 0 Å². The van der Waals surface area contributed by atoms with E-state index in [1.807, 2.05) is 25.1 Å². The molecule has 3 aliphatic carbocycles. The molecule has 4 heteroatoms. The van der Waals surface area contributed by atoms with Crippen molar-refractivity contribution in [3.8, 4) is 0 Å². The van der Waals surface area contributed by atoms with Crippen molar-refractivity contribution in [2.75, 3.05) is 13.7 Å². The van der Waals surface area contributed by atoms with Crippen molar-refractivity contribution in [2.45, 2.75) is 19.8 Å². The summed E-state index contributed by atoms with van der Waals surface area (Å²) >= 11 is 0. The van der Waals surface area contributed by atoms with Crippen molar-refractivity contribution < 1.29 is 19.1 Å². The van der Waals surface area contributed by atoms with Gasteiger partial charge in [-0.2, -0.15) is 0 Å². The van der Waals surface area contributed by atoms with Crippen molar-refractivity contribution in [2.24, 2.45) is 29.6 Å². The van der Waals surface area contributed by atoms with Gasteiger partial charge in [0.15, 0.2) is 0 Å². The van der Waals surface area contributed by atoms with Crippen LogP contribution < -0.4 is 0 Å². The zero-order chi connectivity index (χ0) is 16.8. The lowest BCUT2D eigenvalue weighted by molar-refractivity contribution is -0.149. The third-order valence-electron chi connectivity index (χ3n) is 6.05. The first kappa shape index (κ1) is 15.4. The smallest absolute Gasteiger partial charge is 0.334 e. The van der Waals surface area contributed by atoms with Crippen LogP contribution in [0.4, 0.5) is 0 Å². The Hall–Kier alpha value is -2.10. The third-order valence-corrected chi connectivity index (χ3v) is 6.05. The van der Waals surface area contributed by atoms with E-state index in [0.29, 0.717) is 18.4 Å². The van der Waals surface area contributed by atoms with Gasteiger partial charge < -0.3 is 9.47 Å². The normalized spacial score (nSPS) is 33.0. The van der Waals surface area contributed by atoms with Gasteiger partial charge in [0.25, 0.3) is 0 Å². The number of methoxy groups -OCH3 is 1. The summed E-state index contributed by atoms with van der Waals surface area (Å²) < 4.78 is 10.3. The topological polar surface area (TPSA) is 52.6 Å².